The van der Waals surface area contributed by atoms with Gasteiger partial charge in [-0.3, -0.25) is 9.69 Å². The minimum atomic E-state index is 0.257. The number of para-hydroxylation sites is 1. The van der Waals surface area contributed by atoms with Crippen molar-refractivity contribution in [1.82, 2.24) is 19.8 Å². The van der Waals surface area contributed by atoms with Gasteiger partial charge in [0.1, 0.15) is 0 Å². The number of carbonyl (C=O) groups excluding carboxylic acids is 1. The van der Waals surface area contributed by atoms with Crippen LogP contribution in [-0.2, 0) is 17.8 Å². The van der Waals surface area contributed by atoms with Crippen LogP contribution in [0.3, 0.4) is 0 Å². The van der Waals surface area contributed by atoms with Crippen molar-refractivity contribution in [1.29, 1.82) is 0 Å². The SMILES string of the molecule is CC1CCC(NC(=O)[C@@H]2C[C@H]2CN2CCN(c3nc4cccc5c4n3CCC5)CC2)CC1. The largest absolute Gasteiger partial charge is 0.353 e. The number of piperazine rings is 1. The van der Waals surface area contributed by atoms with Gasteiger partial charge in [-0.1, -0.05) is 19.1 Å². The Morgan fingerprint density at radius 2 is 1.91 bits per heavy atom. The third kappa shape index (κ3) is 3.91. The summed E-state index contributed by atoms with van der Waals surface area (Å²) < 4.78 is 2.46. The van der Waals surface area contributed by atoms with E-state index in [0.29, 0.717) is 17.9 Å². The van der Waals surface area contributed by atoms with Gasteiger partial charge in [0, 0.05) is 51.2 Å². The van der Waals surface area contributed by atoms with Gasteiger partial charge >= 0.3 is 0 Å². The number of imidazole rings is 1. The first-order valence-electron chi connectivity index (χ1n) is 12.9. The van der Waals surface area contributed by atoms with Crippen LogP contribution < -0.4 is 10.2 Å². The Labute approximate surface area is 191 Å². The fraction of sp³-hybridized carbons (Fsp3) is 0.692. The zero-order chi connectivity index (χ0) is 21.7. The summed E-state index contributed by atoms with van der Waals surface area (Å²) in [5, 5.41) is 3.36. The Balaban J connectivity index is 1.01. The van der Waals surface area contributed by atoms with Crippen molar-refractivity contribution in [2.75, 3.05) is 37.6 Å². The summed E-state index contributed by atoms with van der Waals surface area (Å²) in [6.45, 7) is 8.69. The fourth-order valence-electron chi connectivity index (χ4n) is 6.28. The number of hydrogen-bond acceptors (Lipinski definition) is 4. The third-order valence-electron chi connectivity index (χ3n) is 8.43. The number of carbonyl (C=O) groups is 1. The molecule has 2 aliphatic heterocycles. The monoisotopic (exact) mass is 435 g/mol. The van der Waals surface area contributed by atoms with Gasteiger partial charge in [0.2, 0.25) is 11.9 Å². The lowest BCUT2D eigenvalue weighted by Gasteiger charge is -2.36. The molecule has 1 N–H and O–H groups in total. The highest BCUT2D eigenvalue weighted by molar-refractivity contribution is 5.83. The number of hydrogen-bond donors (Lipinski definition) is 1. The van der Waals surface area contributed by atoms with E-state index in [0.717, 1.165) is 63.1 Å². The van der Waals surface area contributed by atoms with Gasteiger partial charge in [0.15, 0.2) is 0 Å². The summed E-state index contributed by atoms with van der Waals surface area (Å²) in [7, 11) is 0. The molecule has 1 aromatic heterocycles. The van der Waals surface area contributed by atoms with Crippen molar-refractivity contribution in [2.24, 2.45) is 17.8 Å². The van der Waals surface area contributed by atoms with E-state index in [2.05, 4.69) is 44.8 Å². The molecule has 0 spiro atoms. The first-order valence-corrected chi connectivity index (χ1v) is 12.9. The standard InChI is InChI=1S/C26H37N5O/c1-18-7-9-21(10-8-18)27-25(32)22-16-20(22)17-29-12-14-30(15-13-29)26-28-23-6-2-4-19-5-3-11-31(26)24(19)23/h2,4,6,18,20-22H,3,5,7-17H2,1H3,(H,27,32)/t18?,20-,21?,22+/m0/s1. The molecule has 32 heavy (non-hydrogen) atoms. The van der Waals surface area contributed by atoms with Crippen LogP contribution in [-0.4, -0.2) is 59.1 Å². The molecule has 6 nitrogen and oxygen atoms in total. The highest BCUT2D eigenvalue weighted by atomic mass is 16.2. The molecule has 2 aliphatic carbocycles. The highest BCUT2D eigenvalue weighted by Crippen LogP contribution is 2.40. The predicted molar refractivity (Wildman–Crippen MR) is 128 cm³/mol. The lowest BCUT2D eigenvalue weighted by Crippen LogP contribution is -2.48. The average Bonchev–Trinajstić information content (AvgIpc) is 3.48. The Morgan fingerprint density at radius 1 is 1.09 bits per heavy atom. The molecule has 1 amide bonds. The molecule has 0 bridgehead atoms. The minimum absolute atomic E-state index is 0.257. The minimum Gasteiger partial charge on any atom is -0.353 e. The molecule has 6 heteroatoms. The van der Waals surface area contributed by atoms with E-state index in [4.69, 9.17) is 4.98 Å². The maximum absolute atomic E-state index is 12.7. The molecular weight excluding hydrogens is 398 g/mol. The quantitative estimate of drug-likeness (QED) is 0.782. The van der Waals surface area contributed by atoms with Crippen LogP contribution in [0, 0.1) is 17.8 Å². The molecule has 3 heterocycles. The van der Waals surface area contributed by atoms with E-state index in [1.807, 2.05) is 0 Å². The van der Waals surface area contributed by atoms with Gasteiger partial charge in [0.05, 0.1) is 11.0 Å². The zero-order valence-electron chi connectivity index (χ0n) is 19.4. The predicted octanol–water partition coefficient (Wildman–Crippen LogP) is 3.44. The summed E-state index contributed by atoms with van der Waals surface area (Å²) >= 11 is 0. The smallest absolute Gasteiger partial charge is 0.223 e. The van der Waals surface area contributed by atoms with Gasteiger partial charge in [0.25, 0.3) is 0 Å². The summed E-state index contributed by atoms with van der Waals surface area (Å²) in [5.41, 5.74) is 3.96. The Bertz CT molecular complexity index is 984. The molecule has 3 fully saturated rings. The fourth-order valence-corrected chi connectivity index (χ4v) is 6.28. The van der Waals surface area contributed by atoms with Gasteiger partial charge in [-0.25, -0.2) is 4.98 Å². The molecule has 1 saturated heterocycles. The van der Waals surface area contributed by atoms with Crippen LogP contribution in [0.2, 0.25) is 0 Å². The van der Waals surface area contributed by atoms with Crippen molar-refractivity contribution in [3.05, 3.63) is 23.8 Å². The molecule has 172 valence electrons. The van der Waals surface area contributed by atoms with Crippen LogP contribution in [0.15, 0.2) is 18.2 Å². The van der Waals surface area contributed by atoms with Crippen molar-refractivity contribution >= 4 is 22.9 Å². The van der Waals surface area contributed by atoms with E-state index in [1.54, 1.807) is 0 Å². The Morgan fingerprint density at radius 3 is 2.72 bits per heavy atom. The highest BCUT2D eigenvalue weighted by Gasteiger charge is 2.44. The zero-order valence-corrected chi connectivity index (χ0v) is 19.4. The number of aromatic nitrogens is 2. The van der Waals surface area contributed by atoms with Crippen LogP contribution in [0.4, 0.5) is 5.95 Å². The van der Waals surface area contributed by atoms with E-state index in [1.165, 1.54) is 49.6 Å². The van der Waals surface area contributed by atoms with Crippen molar-refractivity contribution in [2.45, 2.75) is 64.5 Å². The summed E-state index contributed by atoms with van der Waals surface area (Å²) in [6.07, 6.45) is 8.31. The maximum atomic E-state index is 12.7. The summed E-state index contributed by atoms with van der Waals surface area (Å²) in [6, 6.07) is 7.00. The molecule has 6 rings (SSSR count). The Kier molecular flexibility index (Phi) is 5.36. The molecule has 4 aliphatic rings. The number of rotatable bonds is 5. The van der Waals surface area contributed by atoms with Crippen LogP contribution in [0.1, 0.15) is 51.0 Å². The van der Waals surface area contributed by atoms with E-state index in [-0.39, 0.29) is 5.92 Å². The molecule has 1 aromatic carbocycles. The molecular formula is C26H37N5O. The van der Waals surface area contributed by atoms with Gasteiger partial charge < -0.3 is 14.8 Å². The maximum Gasteiger partial charge on any atom is 0.223 e. The number of anilines is 1. The summed E-state index contributed by atoms with van der Waals surface area (Å²) in [4.78, 5) is 22.8. The second-order valence-electron chi connectivity index (χ2n) is 10.8. The van der Waals surface area contributed by atoms with Crippen LogP contribution >= 0.6 is 0 Å². The number of amides is 1. The average molecular weight is 436 g/mol. The van der Waals surface area contributed by atoms with Crippen molar-refractivity contribution in [3.63, 3.8) is 0 Å². The van der Waals surface area contributed by atoms with Gasteiger partial charge in [-0.2, -0.15) is 0 Å². The van der Waals surface area contributed by atoms with Crippen LogP contribution in [0.5, 0.6) is 0 Å². The second kappa shape index (κ2) is 8.36. The first-order chi connectivity index (χ1) is 15.7. The molecule has 0 radical (unpaired) electrons. The lowest BCUT2D eigenvalue weighted by atomic mass is 9.87. The number of nitrogens with one attached hydrogen (secondary N) is 1. The topological polar surface area (TPSA) is 53.4 Å². The van der Waals surface area contributed by atoms with E-state index in [9.17, 15) is 4.79 Å². The van der Waals surface area contributed by atoms with Crippen molar-refractivity contribution < 1.29 is 4.79 Å². The third-order valence-corrected chi connectivity index (χ3v) is 8.43. The van der Waals surface area contributed by atoms with Gasteiger partial charge in [-0.05, 0) is 68.4 Å². The Hall–Kier alpha value is -2.08. The van der Waals surface area contributed by atoms with E-state index >= 15 is 0 Å². The van der Waals surface area contributed by atoms with Gasteiger partial charge in [-0.15, -0.1) is 0 Å². The molecule has 2 saturated carbocycles. The first kappa shape index (κ1) is 20.5. The lowest BCUT2D eigenvalue weighted by molar-refractivity contribution is -0.123. The molecule has 2 aromatic rings. The number of aryl methyl sites for hydroxylation is 2. The van der Waals surface area contributed by atoms with Crippen molar-refractivity contribution in [3.8, 4) is 0 Å². The second-order valence-corrected chi connectivity index (χ2v) is 10.8. The normalized spacial score (nSPS) is 30.5. The number of benzene rings is 1. The molecule has 2 atom stereocenters. The number of nitrogens with zero attached hydrogens (tertiary/aromatic N) is 4. The van der Waals surface area contributed by atoms with Crippen LogP contribution in [0.25, 0.3) is 11.0 Å². The van der Waals surface area contributed by atoms with E-state index < -0.39 is 0 Å². The summed E-state index contributed by atoms with van der Waals surface area (Å²) in [5.74, 6) is 3.14. The molecule has 0 unspecified atom stereocenters.